The van der Waals surface area contributed by atoms with Crippen molar-refractivity contribution < 1.29 is 5.11 Å². The Bertz CT molecular complexity index is 64.6. The molecule has 1 N–H and O–H groups in total. The summed E-state index contributed by atoms with van der Waals surface area (Å²) in [4.78, 5) is 0. The molecule has 0 fully saturated rings. The molecule has 0 heterocycles. The summed E-state index contributed by atoms with van der Waals surface area (Å²) in [7, 11) is 0. The first-order chi connectivity index (χ1) is 3.31. The average molecular weight is 100 g/mol. The Kier molecular flexibility index (Phi) is 3.48. The Morgan fingerprint density at radius 1 is 1.71 bits per heavy atom. The van der Waals surface area contributed by atoms with E-state index < -0.39 is 0 Å². The molecule has 0 saturated carbocycles. The van der Waals surface area contributed by atoms with Crippen molar-refractivity contribution in [1.82, 2.24) is 0 Å². The van der Waals surface area contributed by atoms with E-state index in [9.17, 15) is 0 Å². The molecular weight excluding hydrogens is 88.1 g/mol. The van der Waals surface area contributed by atoms with E-state index in [4.69, 9.17) is 5.11 Å². The van der Waals surface area contributed by atoms with Gasteiger partial charge in [0.25, 0.3) is 0 Å². The van der Waals surface area contributed by atoms with E-state index >= 15 is 0 Å². The first-order valence-corrected chi connectivity index (χ1v) is 2.61. The lowest BCUT2D eigenvalue weighted by Gasteiger charge is -1.89. The normalized spacial score (nSPS) is 12.0. The van der Waals surface area contributed by atoms with Gasteiger partial charge in [-0.2, -0.15) is 0 Å². The van der Waals surface area contributed by atoms with E-state index in [0.717, 1.165) is 18.4 Å². The molecule has 0 aromatic carbocycles. The van der Waals surface area contributed by atoms with Crippen molar-refractivity contribution in [3.05, 3.63) is 11.8 Å². The van der Waals surface area contributed by atoms with E-state index in [1.165, 1.54) is 6.26 Å². The van der Waals surface area contributed by atoms with Gasteiger partial charge < -0.3 is 5.11 Å². The van der Waals surface area contributed by atoms with Crippen LogP contribution in [0.25, 0.3) is 0 Å². The van der Waals surface area contributed by atoms with Crippen LogP contribution in [0.4, 0.5) is 0 Å². The van der Waals surface area contributed by atoms with Crippen molar-refractivity contribution in [2.75, 3.05) is 0 Å². The summed E-state index contributed by atoms with van der Waals surface area (Å²) in [5.41, 5.74) is 1.06. The molecule has 1 heteroatoms. The summed E-state index contributed by atoms with van der Waals surface area (Å²) in [6.07, 6.45) is 3.29. The van der Waals surface area contributed by atoms with Crippen LogP contribution in [0.15, 0.2) is 11.8 Å². The third-order valence-electron chi connectivity index (χ3n) is 0.865. The van der Waals surface area contributed by atoms with Gasteiger partial charge in [0.05, 0.1) is 6.26 Å². The summed E-state index contributed by atoms with van der Waals surface area (Å²) in [5.74, 6) is 0. The second kappa shape index (κ2) is 3.72. The minimum absolute atomic E-state index is 1.01. The van der Waals surface area contributed by atoms with Gasteiger partial charge in [-0.05, 0) is 18.9 Å². The van der Waals surface area contributed by atoms with E-state index in [0.29, 0.717) is 0 Å². The van der Waals surface area contributed by atoms with Gasteiger partial charge in [0.15, 0.2) is 0 Å². The highest BCUT2D eigenvalue weighted by Crippen LogP contribution is 1.99. The number of hydrogen-bond acceptors (Lipinski definition) is 1. The molecule has 0 aliphatic heterocycles. The maximum absolute atomic E-state index is 8.30. The molecule has 0 spiro atoms. The minimum Gasteiger partial charge on any atom is -0.516 e. The second-order valence-corrected chi connectivity index (χ2v) is 1.73. The largest absolute Gasteiger partial charge is 0.516 e. The van der Waals surface area contributed by atoms with Crippen LogP contribution in [0.2, 0.25) is 0 Å². The highest BCUT2D eigenvalue weighted by atomic mass is 16.2. The van der Waals surface area contributed by atoms with Crippen LogP contribution in [0.5, 0.6) is 0 Å². The standard InChI is InChI=1S/C6H12O/c1-3-4-6(2)5-7/h5,7H,3-4H2,1-2H3. The van der Waals surface area contributed by atoms with Gasteiger partial charge in [0, 0.05) is 0 Å². The fraction of sp³-hybridized carbons (Fsp3) is 0.667. The van der Waals surface area contributed by atoms with Gasteiger partial charge in [-0.25, -0.2) is 0 Å². The molecule has 0 amide bonds. The van der Waals surface area contributed by atoms with Gasteiger partial charge >= 0.3 is 0 Å². The van der Waals surface area contributed by atoms with Crippen molar-refractivity contribution in [2.45, 2.75) is 26.7 Å². The van der Waals surface area contributed by atoms with Crippen LogP contribution < -0.4 is 0 Å². The van der Waals surface area contributed by atoms with E-state index in [-0.39, 0.29) is 0 Å². The molecule has 0 atom stereocenters. The summed E-state index contributed by atoms with van der Waals surface area (Å²) in [6, 6.07) is 0. The molecule has 0 radical (unpaired) electrons. The van der Waals surface area contributed by atoms with Crippen LogP contribution in [-0.4, -0.2) is 5.11 Å². The monoisotopic (exact) mass is 100 g/mol. The molecule has 0 aliphatic carbocycles. The summed E-state index contributed by atoms with van der Waals surface area (Å²) < 4.78 is 0. The number of hydrogen-bond donors (Lipinski definition) is 1. The van der Waals surface area contributed by atoms with Crippen LogP contribution in [0.3, 0.4) is 0 Å². The Morgan fingerprint density at radius 2 is 2.29 bits per heavy atom. The Hall–Kier alpha value is -0.460. The lowest BCUT2D eigenvalue weighted by molar-refractivity contribution is 0.464. The molecule has 0 unspecified atom stereocenters. The fourth-order valence-corrected chi connectivity index (χ4v) is 0.459. The molecule has 0 aromatic rings. The van der Waals surface area contributed by atoms with Crippen molar-refractivity contribution >= 4 is 0 Å². The number of aliphatic hydroxyl groups is 1. The van der Waals surface area contributed by atoms with Crippen molar-refractivity contribution in [3.8, 4) is 0 Å². The van der Waals surface area contributed by atoms with Gasteiger partial charge in [0.2, 0.25) is 0 Å². The van der Waals surface area contributed by atoms with Crippen LogP contribution in [-0.2, 0) is 0 Å². The van der Waals surface area contributed by atoms with Crippen LogP contribution in [0, 0.1) is 0 Å². The molecule has 42 valence electrons. The zero-order valence-corrected chi connectivity index (χ0v) is 4.94. The molecule has 0 aromatic heterocycles. The maximum atomic E-state index is 8.30. The summed E-state index contributed by atoms with van der Waals surface area (Å²) in [5, 5.41) is 8.30. The molecule has 0 saturated heterocycles. The van der Waals surface area contributed by atoms with Crippen molar-refractivity contribution in [1.29, 1.82) is 0 Å². The summed E-state index contributed by atoms with van der Waals surface area (Å²) >= 11 is 0. The van der Waals surface area contributed by atoms with E-state index in [1.807, 2.05) is 6.92 Å². The number of allylic oxidation sites excluding steroid dienone is 1. The lowest BCUT2D eigenvalue weighted by Crippen LogP contribution is -1.71. The second-order valence-electron chi connectivity index (χ2n) is 1.73. The number of aliphatic hydroxyl groups excluding tert-OH is 1. The van der Waals surface area contributed by atoms with Gasteiger partial charge in [0.1, 0.15) is 0 Å². The maximum Gasteiger partial charge on any atom is 0.0780 e. The smallest absolute Gasteiger partial charge is 0.0780 e. The topological polar surface area (TPSA) is 20.2 Å². The SMILES string of the molecule is CCCC(C)=CO. The third kappa shape index (κ3) is 3.37. The zero-order valence-electron chi connectivity index (χ0n) is 4.94. The highest BCUT2D eigenvalue weighted by Gasteiger charge is 1.81. The van der Waals surface area contributed by atoms with Crippen LogP contribution in [0.1, 0.15) is 26.7 Å². The molecule has 0 rings (SSSR count). The third-order valence-corrected chi connectivity index (χ3v) is 0.865. The first-order valence-electron chi connectivity index (χ1n) is 2.61. The first kappa shape index (κ1) is 6.54. The molecule has 0 aliphatic rings. The molecule has 1 nitrogen and oxygen atoms in total. The summed E-state index contributed by atoms with van der Waals surface area (Å²) in [6.45, 7) is 4.01. The Morgan fingerprint density at radius 3 is 2.43 bits per heavy atom. The lowest BCUT2D eigenvalue weighted by atomic mass is 10.2. The Balaban J connectivity index is 3.17. The highest BCUT2D eigenvalue weighted by molar-refractivity contribution is 4.90. The van der Waals surface area contributed by atoms with E-state index in [1.54, 1.807) is 0 Å². The average Bonchev–Trinajstić information content (AvgIpc) is 1.68. The van der Waals surface area contributed by atoms with Crippen LogP contribution >= 0.6 is 0 Å². The van der Waals surface area contributed by atoms with Gasteiger partial charge in [-0.15, -0.1) is 0 Å². The predicted octanol–water partition coefficient (Wildman–Crippen LogP) is 2.25. The Labute approximate surface area is 44.7 Å². The van der Waals surface area contributed by atoms with Crippen molar-refractivity contribution in [3.63, 3.8) is 0 Å². The number of rotatable bonds is 2. The minimum atomic E-state index is 1.01. The quantitative estimate of drug-likeness (QED) is 0.527. The van der Waals surface area contributed by atoms with E-state index in [2.05, 4.69) is 6.92 Å². The van der Waals surface area contributed by atoms with Gasteiger partial charge in [-0.1, -0.05) is 13.3 Å². The molecular formula is C6H12O. The zero-order chi connectivity index (χ0) is 5.70. The van der Waals surface area contributed by atoms with Gasteiger partial charge in [-0.3, -0.25) is 0 Å². The van der Waals surface area contributed by atoms with Crippen molar-refractivity contribution in [2.24, 2.45) is 0 Å². The molecule has 7 heavy (non-hydrogen) atoms. The fourth-order valence-electron chi connectivity index (χ4n) is 0.459. The molecule has 0 bridgehead atoms. The predicted molar refractivity (Wildman–Crippen MR) is 31.3 cm³/mol.